The van der Waals surface area contributed by atoms with Crippen LogP contribution in [0, 0.1) is 13.8 Å². The van der Waals surface area contributed by atoms with Crippen LogP contribution in [0.3, 0.4) is 0 Å². The van der Waals surface area contributed by atoms with Gasteiger partial charge in [0.25, 0.3) is 5.91 Å². The van der Waals surface area contributed by atoms with Crippen molar-refractivity contribution in [2.45, 2.75) is 51.5 Å². The number of carbonyl (C=O) groups is 1. The zero-order valence-electron chi connectivity index (χ0n) is 19.0. The van der Waals surface area contributed by atoms with E-state index < -0.39 is 11.9 Å². The van der Waals surface area contributed by atoms with Gasteiger partial charge < -0.3 is 15.4 Å². The van der Waals surface area contributed by atoms with E-state index in [0.717, 1.165) is 36.5 Å². The fraction of sp³-hybridized carbons (Fsp3) is 0.500. The number of carbonyl (C=O) groups excluding carboxylic acids is 1. The van der Waals surface area contributed by atoms with Crippen LogP contribution >= 0.6 is 0 Å². The molecule has 3 atom stereocenters. The highest BCUT2D eigenvalue weighted by Gasteiger charge is 2.47. The number of aromatic nitrogens is 1. The van der Waals surface area contributed by atoms with Crippen LogP contribution in [0.15, 0.2) is 30.5 Å². The third-order valence-corrected chi connectivity index (χ3v) is 6.95. The predicted octanol–water partition coefficient (Wildman–Crippen LogP) is 3.71. The minimum Gasteiger partial charge on any atom is -0.492 e. The number of piperazine rings is 1. The number of halogens is 3. The normalized spacial score (nSPS) is 21.5. The van der Waals surface area contributed by atoms with Gasteiger partial charge in [-0.1, -0.05) is 6.07 Å². The summed E-state index contributed by atoms with van der Waals surface area (Å²) in [6.07, 6.45) is -2.63. The molecule has 1 amide bonds. The topological polar surface area (TPSA) is 71.7 Å². The van der Waals surface area contributed by atoms with Crippen LogP contribution in [-0.4, -0.2) is 59.0 Å². The molecule has 9 heteroatoms. The lowest BCUT2D eigenvalue weighted by Crippen LogP contribution is -2.49. The predicted molar refractivity (Wildman–Crippen MR) is 118 cm³/mol. The molecule has 33 heavy (non-hydrogen) atoms. The highest BCUT2D eigenvalue weighted by atomic mass is 19.4. The molecule has 178 valence electrons. The summed E-state index contributed by atoms with van der Waals surface area (Å²) >= 11 is 0. The third kappa shape index (κ3) is 4.44. The van der Waals surface area contributed by atoms with E-state index in [1.807, 2.05) is 13.0 Å². The first-order valence-electron chi connectivity index (χ1n) is 11.1. The van der Waals surface area contributed by atoms with Gasteiger partial charge in [-0.05, 0) is 62.1 Å². The van der Waals surface area contributed by atoms with Crippen molar-refractivity contribution in [1.82, 2.24) is 14.8 Å². The molecular formula is C24H29F3N4O2. The van der Waals surface area contributed by atoms with E-state index in [4.69, 9.17) is 10.5 Å². The Bertz CT molecular complexity index is 1030. The number of hydrogen-bond donors (Lipinski definition) is 1. The van der Waals surface area contributed by atoms with Crippen LogP contribution in [0.4, 0.5) is 13.2 Å². The molecule has 0 aliphatic carbocycles. The lowest BCUT2D eigenvalue weighted by molar-refractivity contribution is -0.141. The Morgan fingerprint density at radius 3 is 2.52 bits per heavy atom. The summed E-state index contributed by atoms with van der Waals surface area (Å²) in [5.74, 6) is 0.586. The first-order chi connectivity index (χ1) is 15.6. The highest BCUT2D eigenvalue weighted by molar-refractivity contribution is 5.94. The average Bonchev–Trinajstić information content (AvgIpc) is 3.40. The Morgan fingerprint density at radius 1 is 1.18 bits per heavy atom. The summed E-state index contributed by atoms with van der Waals surface area (Å²) in [4.78, 5) is 20.6. The number of rotatable bonds is 6. The third-order valence-electron chi connectivity index (χ3n) is 6.95. The van der Waals surface area contributed by atoms with Gasteiger partial charge in [-0.2, -0.15) is 13.2 Å². The summed E-state index contributed by atoms with van der Waals surface area (Å²) in [6, 6.07) is 6.59. The Morgan fingerprint density at radius 2 is 1.94 bits per heavy atom. The molecule has 1 aromatic heterocycles. The van der Waals surface area contributed by atoms with Crippen LogP contribution in [0.1, 0.15) is 52.1 Å². The second-order valence-electron chi connectivity index (χ2n) is 8.84. The Labute approximate surface area is 191 Å². The van der Waals surface area contributed by atoms with Gasteiger partial charge in [0.15, 0.2) is 0 Å². The molecule has 4 rings (SSSR count). The first kappa shape index (κ1) is 23.5. The molecule has 6 nitrogen and oxygen atoms in total. The van der Waals surface area contributed by atoms with Gasteiger partial charge in [-0.3, -0.25) is 14.7 Å². The van der Waals surface area contributed by atoms with Crippen molar-refractivity contribution in [2.75, 3.05) is 26.2 Å². The fourth-order valence-corrected chi connectivity index (χ4v) is 5.05. The van der Waals surface area contributed by atoms with E-state index in [1.165, 1.54) is 17.2 Å². The molecule has 0 saturated carbocycles. The lowest BCUT2D eigenvalue weighted by atomic mass is 9.96. The zero-order valence-corrected chi connectivity index (χ0v) is 19.0. The highest BCUT2D eigenvalue weighted by Crippen LogP contribution is 2.39. The van der Waals surface area contributed by atoms with Gasteiger partial charge in [0.05, 0.1) is 5.56 Å². The summed E-state index contributed by atoms with van der Waals surface area (Å²) in [5.41, 5.74) is 8.25. The number of ether oxygens (including phenoxy) is 1. The summed E-state index contributed by atoms with van der Waals surface area (Å²) < 4.78 is 44.0. The van der Waals surface area contributed by atoms with Crippen LogP contribution in [0.5, 0.6) is 5.75 Å². The molecule has 3 heterocycles. The van der Waals surface area contributed by atoms with Crippen LogP contribution in [-0.2, 0) is 6.18 Å². The van der Waals surface area contributed by atoms with Crippen molar-refractivity contribution in [3.05, 3.63) is 58.4 Å². The maximum absolute atomic E-state index is 12.9. The van der Waals surface area contributed by atoms with Crippen LogP contribution < -0.4 is 10.5 Å². The van der Waals surface area contributed by atoms with Crippen molar-refractivity contribution in [3.8, 4) is 5.75 Å². The fourth-order valence-electron chi connectivity index (χ4n) is 5.05. The van der Waals surface area contributed by atoms with Crippen molar-refractivity contribution in [3.63, 3.8) is 0 Å². The molecule has 2 aliphatic rings. The molecule has 0 unspecified atom stereocenters. The van der Waals surface area contributed by atoms with E-state index in [1.54, 1.807) is 4.90 Å². The van der Waals surface area contributed by atoms with E-state index >= 15 is 0 Å². The van der Waals surface area contributed by atoms with E-state index in [2.05, 4.69) is 29.8 Å². The van der Waals surface area contributed by atoms with Crippen LogP contribution in [0.25, 0.3) is 0 Å². The molecule has 2 aliphatic heterocycles. The molecular weight excluding hydrogens is 433 g/mol. The smallest absolute Gasteiger partial charge is 0.433 e. The summed E-state index contributed by atoms with van der Waals surface area (Å²) in [5, 5.41) is 0. The Balaban J connectivity index is 1.44. The minimum absolute atomic E-state index is 0.0424. The Hall–Kier alpha value is -2.65. The molecule has 2 aromatic rings. The maximum Gasteiger partial charge on any atom is 0.433 e. The minimum atomic E-state index is -4.52. The van der Waals surface area contributed by atoms with Gasteiger partial charge in [0, 0.05) is 44.0 Å². The van der Waals surface area contributed by atoms with Crippen LogP contribution in [0.2, 0.25) is 0 Å². The summed E-state index contributed by atoms with van der Waals surface area (Å²) in [6.45, 7) is 8.55. The number of amides is 1. The van der Waals surface area contributed by atoms with Crippen molar-refractivity contribution in [2.24, 2.45) is 5.73 Å². The van der Waals surface area contributed by atoms with E-state index in [9.17, 15) is 18.0 Å². The summed E-state index contributed by atoms with van der Waals surface area (Å²) in [7, 11) is 0. The monoisotopic (exact) mass is 462 g/mol. The van der Waals surface area contributed by atoms with Crippen molar-refractivity contribution < 1.29 is 22.7 Å². The first-order valence-corrected chi connectivity index (χ1v) is 11.1. The molecule has 2 saturated heterocycles. The van der Waals surface area contributed by atoms with Gasteiger partial charge in [-0.25, -0.2) is 0 Å². The van der Waals surface area contributed by atoms with Gasteiger partial charge in [-0.15, -0.1) is 0 Å². The van der Waals surface area contributed by atoms with Gasteiger partial charge >= 0.3 is 6.18 Å². The van der Waals surface area contributed by atoms with E-state index in [0.29, 0.717) is 19.7 Å². The lowest BCUT2D eigenvalue weighted by Gasteiger charge is -2.38. The number of benzene rings is 1. The number of fused-ring (bicyclic) bond motifs is 2. The molecule has 2 N–H and O–H groups in total. The molecule has 1 aromatic carbocycles. The number of likely N-dealkylation sites (tertiary alicyclic amines) is 2. The van der Waals surface area contributed by atoms with Gasteiger partial charge in [0.1, 0.15) is 18.1 Å². The second-order valence-corrected chi connectivity index (χ2v) is 8.84. The average molecular weight is 463 g/mol. The SMILES string of the molecule is Cc1c(OCCN)ccc([C@H](C)N2C[C@@H]3C[C@H]2CN3C(=O)c2ccc(C(F)(F)F)nc2)c1C. The molecule has 2 fully saturated rings. The molecule has 2 bridgehead atoms. The maximum atomic E-state index is 12.9. The zero-order chi connectivity index (χ0) is 23.9. The number of pyridine rings is 1. The largest absolute Gasteiger partial charge is 0.492 e. The van der Waals surface area contributed by atoms with E-state index in [-0.39, 0.29) is 29.6 Å². The Kier molecular flexibility index (Phi) is 6.37. The molecule has 0 radical (unpaired) electrons. The number of nitrogens with two attached hydrogens (primary N) is 1. The molecule has 0 spiro atoms. The second kappa shape index (κ2) is 8.95. The standard InChI is InChI=1S/C24H29F3N4O2/c1-14-15(2)21(33-9-8-28)6-5-20(14)16(3)30-12-19-10-18(30)13-31(19)23(32)17-4-7-22(29-11-17)24(25,26)27/h4-7,11,16,18-19H,8-10,12-13,28H2,1-3H3/t16-,18-,19-/m0/s1. The van der Waals surface area contributed by atoms with Gasteiger partial charge in [0.2, 0.25) is 0 Å². The number of nitrogens with zero attached hydrogens (tertiary/aromatic N) is 3. The van der Waals surface area contributed by atoms with Crippen molar-refractivity contribution in [1.29, 1.82) is 0 Å². The number of hydrogen-bond acceptors (Lipinski definition) is 5. The quantitative estimate of drug-likeness (QED) is 0.709. The number of alkyl halides is 3. The van der Waals surface area contributed by atoms with Crippen molar-refractivity contribution >= 4 is 5.91 Å².